The van der Waals surface area contributed by atoms with E-state index in [2.05, 4.69) is 19.4 Å². The van der Waals surface area contributed by atoms with Crippen molar-refractivity contribution in [2.45, 2.75) is 10.6 Å². The van der Waals surface area contributed by atoms with Crippen molar-refractivity contribution in [2.75, 3.05) is 6.54 Å². The van der Waals surface area contributed by atoms with Gasteiger partial charge in [-0.3, -0.25) is 0 Å². The smallest absolute Gasteiger partial charge is 0.250 e. The number of thiophene rings is 1. The second-order valence-electron chi connectivity index (χ2n) is 3.23. The number of nitriles is 1. The van der Waals surface area contributed by atoms with Gasteiger partial charge in [-0.1, -0.05) is 5.16 Å². The highest BCUT2D eigenvalue weighted by Crippen LogP contribution is 2.20. The summed E-state index contributed by atoms with van der Waals surface area (Å²) < 4.78 is 30.7. The zero-order valence-corrected chi connectivity index (χ0v) is 10.7. The predicted molar refractivity (Wildman–Crippen MR) is 62.2 cm³/mol. The van der Waals surface area contributed by atoms with Gasteiger partial charge in [0.05, 0.1) is 0 Å². The Morgan fingerprint density at radius 3 is 2.94 bits per heavy atom. The summed E-state index contributed by atoms with van der Waals surface area (Å²) in [6, 6.07) is 4.77. The van der Waals surface area contributed by atoms with Crippen LogP contribution < -0.4 is 4.72 Å². The Hall–Kier alpha value is -1.76. The molecule has 0 atom stereocenters. The fourth-order valence-electron chi connectivity index (χ4n) is 1.20. The molecule has 0 fully saturated rings. The van der Waals surface area contributed by atoms with Crippen molar-refractivity contribution in [1.29, 1.82) is 5.26 Å². The molecule has 0 spiro atoms. The lowest BCUT2D eigenvalue weighted by molar-refractivity contribution is 0.410. The van der Waals surface area contributed by atoms with E-state index in [1.54, 1.807) is 0 Å². The Labute approximate surface area is 107 Å². The van der Waals surface area contributed by atoms with Crippen molar-refractivity contribution in [3.05, 3.63) is 29.2 Å². The van der Waals surface area contributed by atoms with Gasteiger partial charge in [-0.2, -0.15) is 10.2 Å². The highest BCUT2D eigenvalue weighted by Gasteiger charge is 2.16. The third-order valence-corrected chi connectivity index (χ3v) is 4.95. The SMILES string of the molecule is N#Cc1ccc(S(=O)(=O)NCCc2ncon2)s1. The minimum absolute atomic E-state index is 0.118. The van der Waals surface area contributed by atoms with Crippen LogP contribution in [0.3, 0.4) is 0 Å². The molecule has 0 aliphatic carbocycles. The zero-order chi connectivity index (χ0) is 13.0. The summed E-state index contributed by atoms with van der Waals surface area (Å²) in [5, 5.41) is 12.2. The second kappa shape index (κ2) is 5.26. The van der Waals surface area contributed by atoms with Crippen molar-refractivity contribution in [2.24, 2.45) is 0 Å². The molecule has 0 aromatic carbocycles. The van der Waals surface area contributed by atoms with Crippen molar-refractivity contribution >= 4 is 21.4 Å². The molecule has 18 heavy (non-hydrogen) atoms. The Morgan fingerprint density at radius 2 is 2.33 bits per heavy atom. The number of hydrogen-bond acceptors (Lipinski definition) is 7. The molecule has 0 amide bonds. The van der Waals surface area contributed by atoms with Gasteiger partial charge in [0.15, 0.2) is 5.82 Å². The lowest BCUT2D eigenvalue weighted by atomic mass is 10.4. The van der Waals surface area contributed by atoms with E-state index in [-0.39, 0.29) is 10.8 Å². The standard InChI is InChI=1S/C9H8N4O3S2/c10-5-7-1-2-9(17-7)18(14,15)12-4-3-8-11-6-16-13-8/h1-2,6,12H,3-4H2. The van der Waals surface area contributed by atoms with Gasteiger partial charge in [-0.15, -0.1) is 11.3 Å². The molecule has 2 aromatic rings. The predicted octanol–water partition coefficient (Wildman–Crippen LogP) is 0.524. The molecule has 0 aliphatic rings. The summed E-state index contributed by atoms with van der Waals surface area (Å²) in [7, 11) is -3.57. The minimum Gasteiger partial charge on any atom is -0.343 e. The molecule has 0 aliphatic heterocycles. The topological polar surface area (TPSA) is 109 Å². The summed E-state index contributed by atoms with van der Waals surface area (Å²) in [6.45, 7) is 0.168. The van der Waals surface area contributed by atoms with Crippen LogP contribution >= 0.6 is 11.3 Å². The van der Waals surface area contributed by atoms with E-state index in [9.17, 15) is 8.42 Å². The lowest BCUT2D eigenvalue weighted by Gasteiger charge is -2.02. The summed E-state index contributed by atoms with van der Waals surface area (Å²) in [4.78, 5) is 4.13. The van der Waals surface area contributed by atoms with E-state index in [4.69, 9.17) is 5.26 Å². The van der Waals surface area contributed by atoms with Crippen LogP contribution in [0.5, 0.6) is 0 Å². The molecule has 1 N–H and O–H groups in total. The van der Waals surface area contributed by atoms with Crippen LogP contribution in [0.15, 0.2) is 27.3 Å². The molecule has 2 rings (SSSR count). The van der Waals surface area contributed by atoms with E-state index in [0.29, 0.717) is 17.1 Å². The average Bonchev–Trinajstić information content (AvgIpc) is 2.99. The molecule has 9 heteroatoms. The van der Waals surface area contributed by atoms with E-state index in [1.807, 2.05) is 6.07 Å². The Morgan fingerprint density at radius 1 is 1.50 bits per heavy atom. The van der Waals surface area contributed by atoms with Gasteiger partial charge in [-0.25, -0.2) is 13.1 Å². The third-order valence-electron chi connectivity index (χ3n) is 2.00. The van der Waals surface area contributed by atoms with Crippen LogP contribution in [-0.2, 0) is 16.4 Å². The quantitative estimate of drug-likeness (QED) is 0.857. The monoisotopic (exact) mass is 284 g/mol. The number of rotatable bonds is 5. The van der Waals surface area contributed by atoms with E-state index in [0.717, 1.165) is 11.3 Å². The Balaban J connectivity index is 1.97. The molecule has 0 unspecified atom stereocenters. The highest BCUT2D eigenvalue weighted by atomic mass is 32.2. The number of nitrogens with zero attached hydrogens (tertiary/aromatic N) is 3. The maximum Gasteiger partial charge on any atom is 0.250 e. The number of sulfonamides is 1. The van der Waals surface area contributed by atoms with Crippen molar-refractivity contribution in [3.8, 4) is 6.07 Å². The lowest BCUT2D eigenvalue weighted by Crippen LogP contribution is -2.25. The maximum absolute atomic E-state index is 11.8. The van der Waals surface area contributed by atoms with Crippen molar-refractivity contribution in [3.63, 3.8) is 0 Å². The van der Waals surface area contributed by atoms with E-state index < -0.39 is 10.0 Å². The fourth-order valence-corrected chi connectivity index (χ4v) is 3.38. The normalized spacial score (nSPS) is 11.3. The summed E-state index contributed by atoms with van der Waals surface area (Å²) >= 11 is 0.926. The van der Waals surface area contributed by atoms with Crippen molar-refractivity contribution < 1.29 is 12.9 Å². The molecule has 94 valence electrons. The Bertz CT molecular complexity index is 654. The summed E-state index contributed by atoms with van der Waals surface area (Å²) in [5.41, 5.74) is 0. The maximum atomic E-state index is 11.8. The Kier molecular flexibility index (Phi) is 3.71. The van der Waals surface area contributed by atoms with Crippen LogP contribution in [0, 0.1) is 11.3 Å². The van der Waals surface area contributed by atoms with Gasteiger partial charge in [0, 0.05) is 13.0 Å². The molecule has 0 bridgehead atoms. The largest absolute Gasteiger partial charge is 0.343 e. The second-order valence-corrected chi connectivity index (χ2v) is 6.30. The zero-order valence-electron chi connectivity index (χ0n) is 9.03. The molecule has 0 radical (unpaired) electrons. The first-order valence-corrected chi connectivity index (χ1v) is 7.16. The average molecular weight is 284 g/mol. The first kappa shape index (κ1) is 12.7. The van der Waals surface area contributed by atoms with Gasteiger partial charge in [0.2, 0.25) is 16.4 Å². The highest BCUT2D eigenvalue weighted by molar-refractivity contribution is 7.91. The summed E-state index contributed by atoms with van der Waals surface area (Å²) in [5.74, 6) is 0.432. The van der Waals surface area contributed by atoms with Crippen LogP contribution in [0.1, 0.15) is 10.7 Å². The van der Waals surface area contributed by atoms with Crippen LogP contribution in [0.25, 0.3) is 0 Å². The minimum atomic E-state index is -3.57. The van der Waals surface area contributed by atoms with Crippen molar-refractivity contribution in [1.82, 2.24) is 14.9 Å². The van der Waals surface area contributed by atoms with Gasteiger partial charge < -0.3 is 4.52 Å². The molecular formula is C9H8N4O3S2. The first-order valence-electron chi connectivity index (χ1n) is 4.86. The fraction of sp³-hybridized carbons (Fsp3) is 0.222. The third kappa shape index (κ3) is 2.92. The van der Waals surface area contributed by atoms with Gasteiger partial charge in [0.1, 0.15) is 15.2 Å². The van der Waals surface area contributed by atoms with Crippen LogP contribution in [0.2, 0.25) is 0 Å². The van der Waals surface area contributed by atoms with Crippen LogP contribution in [-0.4, -0.2) is 25.1 Å². The molecular weight excluding hydrogens is 276 g/mol. The number of nitrogens with one attached hydrogen (secondary N) is 1. The number of hydrogen-bond donors (Lipinski definition) is 1. The molecule has 0 saturated heterocycles. The van der Waals surface area contributed by atoms with E-state index in [1.165, 1.54) is 18.5 Å². The molecule has 0 saturated carbocycles. The molecule has 2 aromatic heterocycles. The van der Waals surface area contributed by atoms with E-state index >= 15 is 0 Å². The van der Waals surface area contributed by atoms with Gasteiger partial charge in [0.25, 0.3) is 0 Å². The summed E-state index contributed by atoms with van der Waals surface area (Å²) in [6.07, 6.45) is 1.52. The first-order chi connectivity index (χ1) is 8.62. The van der Waals surface area contributed by atoms with Crippen LogP contribution in [0.4, 0.5) is 0 Å². The molecule has 7 nitrogen and oxygen atoms in total. The van der Waals surface area contributed by atoms with Gasteiger partial charge >= 0.3 is 0 Å². The number of aromatic nitrogens is 2. The van der Waals surface area contributed by atoms with Gasteiger partial charge in [-0.05, 0) is 12.1 Å². The molecule has 2 heterocycles.